The number of methoxy groups -OCH3 is 1. The first-order chi connectivity index (χ1) is 8.83. The molecule has 19 heavy (non-hydrogen) atoms. The van der Waals surface area contributed by atoms with Crippen LogP contribution < -0.4 is 4.74 Å². The summed E-state index contributed by atoms with van der Waals surface area (Å²) in [5.74, 6) is 0.754. The molecule has 0 saturated carbocycles. The van der Waals surface area contributed by atoms with E-state index >= 15 is 0 Å². The molecule has 0 aliphatic carbocycles. The van der Waals surface area contributed by atoms with Crippen molar-refractivity contribution < 1.29 is 22.6 Å². The molecule has 1 aromatic rings. The Kier molecular flexibility index (Phi) is 5.66. The first-order valence-corrected chi connectivity index (χ1v) is 6.14. The lowest BCUT2D eigenvalue weighted by Gasteiger charge is -2.21. The molecule has 0 aliphatic rings. The molecule has 0 N–H and O–H groups in total. The Hall–Kier alpha value is -1.23. The second-order valence-electron chi connectivity index (χ2n) is 4.79. The predicted molar refractivity (Wildman–Crippen MR) is 67.2 cm³/mol. The van der Waals surface area contributed by atoms with E-state index in [-0.39, 0.29) is 0 Å². The van der Waals surface area contributed by atoms with E-state index in [9.17, 15) is 13.2 Å². The maximum Gasteiger partial charge on any atom is 0.391 e. The monoisotopic (exact) mass is 276 g/mol. The molecule has 0 radical (unpaired) electrons. The van der Waals surface area contributed by atoms with E-state index in [0.717, 1.165) is 0 Å². The van der Waals surface area contributed by atoms with Crippen molar-refractivity contribution in [3.8, 4) is 5.75 Å². The number of para-hydroxylation sites is 1. The van der Waals surface area contributed by atoms with Gasteiger partial charge in [-0.2, -0.15) is 13.2 Å². The third kappa shape index (κ3) is 5.51. The van der Waals surface area contributed by atoms with Crippen LogP contribution in [0.5, 0.6) is 5.75 Å². The summed E-state index contributed by atoms with van der Waals surface area (Å²) in [6, 6.07) is 6.69. The fraction of sp³-hybridized carbons (Fsp3) is 0.571. The first kappa shape index (κ1) is 15.8. The zero-order valence-electron chi connectivity index (χ0n) is 11.3. The van der Waals surface area contributed by atoms with Gasteiger partial charge in [-0.05, 0) is 12.0 Å². The molecular weight excluding hydrogens is 257 g/mol. The molecule has 1 rings (SSSR count). The molecule has 0 aromatic heterocycles. The number of benzene rings is 1. The van der Waals surface area contributed by atoms with Gasteiger partial charge in [-0.25, -0.2) is 0 Å². The van der Waals surface area contributed by atoms with Crippen molar-refractivity contribution in [3.05, 3.63) is 29.8 Å². The minimum atomic E-state index is -4.27. The van der Waals surface area contributed by atoms with Gasteiger partial charge >= 0.3 is 6.18 Å². The van der Waals surface area contributed by atoms with Crippen LogP contribution >= 0.6 is 0 Å². The van der Waals surface area contributed by atoms with Gasteiger partial charge in [0, 0.05) is 12.7 Å². The quantitative estimate of drug-likeness (QED) is 0.768. The Morgan fingerprint density at radius 2 is 1.79 bits per heavy atom. The summed E-state index contributed by atoms with van der Waals surface area (Å²) in [6.45, 7) is 4.41. The van der Waals surface area contributed by atoms with Crippen molar-refractivity contribution in [2.24, 2.45) is 5.92 Å². The smallest absolute Gasteiger partial charge is 0.391 e. The summed E-state index contributed by atoms with van der Waals surface area (Å²) in [5.41, 5.74) is 0.433. The topological polar surface area (TPSA) is 18.5 Å². The molecule has 1 atom stereocenters. The average Bonchev–Trinajstić information content (AvgIpc) is 2.33. The Morgan fingerprint density at radius 1 is 1.16 bits per heavy atom. The molecular formula is C14H19F3O2. The standard InChI is InChI=1S/C14H19F3O2/c1-10(2)9-19-12-7-5-4-6-11(12)13(18-3)8-14(15,16)17/h4-7,10,13H,8-9H2,1-3H3. The number of hydrogen-bond donors (Lipinski definition) is 0. The highest BCUT2D eigenvalue weighted by Crippen LogP contribution is 2.35. The number of alkyl halides is 3. The summed E-state index contributed by atoms with van der Waals surface area (Å²) < 4.78 is 48.0. The van der Waals surface area contributed by atoms with E-state index in [1.54, 1.807) is 24.3 Å². The maximum atomic E-state index is 12.5. The van der Waals surface area contributed by atoms with Crippen LogP contribution in [0.4, 0.5) is 13.2 Å². The summed E-state index contributed by atoms with van der Waals surface area (Å²) >= 11 is 0. The highest BCUT2D eigenvalue weighted by Gasteiger charge is 2.33. The zero-order valence-corrected chi connectivity index (χ0v) is 11.3. The Morgan fingerprint density at radius 3 is 2.32 bits per heavy atom. The number of hydrogen-bond acceptors (Lipinski definition) is 2. The minimum Gasteiger partial charge on any atom is -0.493 e. The highest BCUT2D eigenvalue weighted by atomic mass is 19.4. The van der Waals surface area contributed by atoms with Gasteiger partial charge in [0.05, 0.1) is 19.1 Å². The van der Waals surface area contributed by atoms with E-state index in [4.69, 9.17) is 9.47 Å². The maximum absolute atomic E-state index is 12.5. The van der Waals surface area contributed by atoms with Gasteiger partial charge in [-0.3, -0.25) is 0 Å². The second kappa shape index (κ2) is 6.80. The van der Waals surface area contributed by atoms with Crippen molar-refractivity contribution in [1.29, 1.82) is 0 Å². The van der Waals surface area contributed by atoms with Crippen LogP contribution in [0.3, 0.4) is 0 Å². The summed E-state index contributed by atoms with van der Waals surface area (Å²) in [7, 11) is 1.27. The van der Waals surface area contributed by atoms with Crippen LogP contribution in [0.1, 0.15) is 31.9 Å². The van der Waals surface area contributed by atoms with E-state index in [1.165, 1.54) is 7.11 Å². The molecule has 0 heterocycles. The molecule has 0 amide bonds. The molecule has 108 valence electrons. The fourth-order valence-corrected chi connectivity index (χ4v) is 1.66. The van der Waals surface area contributed by atoms with Crippen LogP contribution in [0.25, 0.3) is 0 Å². The lowest BCUT2D eigenvalue weighted by atomic mass is 10.0. The molecule has 2 nitrogen and oxygen atoms in total. The van der Waals surface area contributed by atoms with Crippen LogP contribution in [-0.4, -0.2) is 19.9 Å². The second-order valence-corrected chi connectivity index (χ2v) is 4.79. The molecule has 5 heteroatoms. The first-order valence-electron chi connectivity index (χ1n) is 6.14. The molecule has 0 bridgehead atoms. The molecule has 0 aliphatic heterocycles. The number of ether oxygens (including phenoxy) is 2. The van der Waals surface area contributed by atoms with Crippen LogP contribution in [0.2, 0.25) is 0 Å². The number of halogens is 3. The normalized spacial score (nSPS) is 13.6. The van der Waals surface area contributed by atoms with E-state index in [0.29, 0.717) is 23.8 Å². The van der Waals surface area contributed by atoms with Crippen molar-refractivity contribution in [2.45, 2.75) is 32.5 Å². The zero-order chi connectivity index (χ0) is 14.5. The Bertz CT molecular complexity index is 389. The summed E-state index contributed by atoms with van der Waals surface area (Å²) in [6.07, 6.45) is -6.33. The van der Waals surface area contributed by atoms with E-state index in [2.05, 4.69) is 0 Å². The SMILES string of the molecule is COC(CC(F)(F)F)c1ccccc1OCC(C)C. The Labute approximate surface area is 111 Å². The lowest BCUT2D eigenvalue weighted by molar-refractivity contribution is -0.158. The van der Waals surface area contributed by atoms with Gasteiger partial charge in [0.15, 0.2) is 0 Å². The minimum absolute atomic E-state index is 0.302. The number of rotatable bonds is 6. The van der Waals surface area contributed by atoms with Crippen molar-refractivity contribution in [2.75, 3.05) is 13.7 Å². The van der Waals surface area contributed by atoms with E-state index in [1.807, 2.05) is 13.8 Å². The largest absolute Gasteiger partial charge is 0.493 e. The molecule has 1 aromatic carbocycles. The van der Waals surface area contributed by atoms with Crippen molar-refractivity contribution in [1.82, 2.24) is 0 Å². The van der Waals surface area contributed by atoms with Crippen LogP contribution in [0.15, 0.2) is 24.3 Å². The van der Waals surface area contributed by atoms with Crippen LogP contribution in [-0.2, 0) is 4.74 Å². The van der Waals surface area contributed by atoms with Gasteiger partial charge in [0.25, 0.3) is 0 Å². The highest BCUT2D eigenvalue weighted by molar-refractivity contribution is 5.35. The van der Waals surface area contributed by atoms with Crippen LogP contribution in [0, 0.1) is 5.92 Å². The van der Waals surface area contributed by atoms with Gasteiger partial charge in [-0.1, -0.05) is 32.0 Å². The van der Waals surface area contributed by atoms with Gasteiger partial charge in [-0.15, -0.1) is 0 Å². The fourth-order valence-electron chi connectivity index (χ4n) is 1.66. The third-order valence-electron chi connectivity index (χ3n) is 2.54. The summed E-state index contributed by atoms with van der Waals surface area (Å²) in [4.78, 5) is 0. The predicted octanol–water partition coefficient (Wildman–Crippen LogP) is 4.36. The molecule has 0 saturated heterocycles. The summed E-state index contributed by atoms with van der Waals surface area (Å²) in [5, 5.41) is 0. The third-order valence-corrected chi connectivity index (χ3v) is 2.54. The molecule has 1 unspecified atom stereocenters. The van der Waals surface area contributed by atoms with E-state index < -0.39 is 18.7 Å². The van der Waals surface area contributed by atoms with Crippen molar-refractivity contribution >= 4 is 0 Å². The lowest BCUT2D eigenvalue weighted by Crippen LogP contribution is -2.16. The average molecular weight is 276 g/mol. The molecule has 0 fully saturated rings. The van der Waals surface area contributed by atoms with Gasteiger partial charge in [0.1, 0.15) is 5.75 Å². The molecule has 0 spiro atoms. The van der Waals surface area contributed by atoms with Crippen molar-refractivity contribution in [3.63, 3.8) is 0 Å². The van der Waals surface area contributed by atoms with Gasteiger partial charge in [0.2, 0.25) is 0 Å². The van der Waals surface area contributed by atoms with Gasteiger partial charge < -0.3 is 9.47 Å². The Balaban J connectivity index is 2.90.